The van der Waals surface area contributed by atoms with Crippen LogP contribution in [0.3, 0.4) is 0 Å². The molecule has 66 valence electrons. The van der Waals surface area contributed by atoms with Crippen LogP contribution in [0.4, 0.5) is 0 Å². The lowest BCUT2D eigenvalue weighted by atomic mass is 10.2. The molecule has 0 aromatic rings. The largest absolute Gasteiger partial charge is 0.326 e. The third-order valence-electron chi connectivity index (χ3n) is 1.98. The normalized spacial score (nSPS) is 22.3. The molecule has 1 aliphatic heterocycles. The van der Waals surface area contributed by atoms with Crippen molar-refractivity contribution < 1.29 is 4.79 Å². The Kier molecular flexibility index (Phi) is 3.02. The van der Waals surface area contributed by atoms with E-state index in [1.165, 1.54) is 0 Å². The van der Waals surface area contributed by atoms with Gasteiger partial charge in [-0.2, -0.15) is 5.26 Å². The number of carbonyl (C=O) groups excluding carboxylic acids is 1. The molecule has 1 atom stereocenters. The molecule has 0 aliphatic carbocycles. The molecule has 0 bridgehead atoms. The summed E-state index contributed by atoms with van der Waals surface area (Å²) >= 11 is 0. The summed E-state index contributed by atoms with van der Waals surface area (Å²) in [6.07, 6.45) is 1.70. The van der Waals surface area contributed by atoms with Crippen molar-refractivity contribution in [2.24, 2.45) is 5.84 Å². The van der Waals surface area contributed by atoms with Crippen LogP contribution in [0.25, 0.3) is 0 Å². The molecule has 1 aliphatic rings. The molecule has 1 amide bonds. The Labute approximate surface area is 71.1 Å². The lowest BCUT2D eigenvalue weighted by Gasteiger charge is -2.18. The topological polar surface area (TPSA) is 82.2 Å². The van der Waals surface area contributed by atoms with Gasteiger partial charge in [0.2, 0.25) is 5.91 Å². The van der Waals surface area contributed by atoms with Crippen molar-refractivity contribution in [3.8, 4) is 6.07 Å². The molecule has 5 nitrogen and oxygen atoms in total. The Hall–Kier alpha value is -1.12. The number of likely N-dealkylation sites (tertiary alicyclic amines) is 1. The average molecular weight is 168 g/mol. The van der Waals surface area contributed by atoms with Gasteiger partial charge in [0.15, 0.2) is 0 Å². The molecular weight excluding hydrogens is 156 g/mol. The van der Waals surface area contributed by atoms with E-state index < -0.39 is 0 Å². The van der Waals surface area contributed by atoms with E-state index in [1.54, 1.807) is 4.90 Å². The van der Waals surface area contributed by atoms with Gasteiger partial charge in [-0.15, -0.1) is 0 Å². The van der Waals surface area contributed by atoms with Gasteiger partial charge in [0.05, 0.1) is 12.6 Å². The number of carbonyl (C=O) groups is 1. The van der Waals surface area contributed by atoms with Gasteiger partial charge in [-0.1, -0.05) is 0 Å². The maximum absolute atomic E-state index is 11.2. The summed E-state index contributed by atoms with van der Waals surface area (Å²) < 4.78 is 0. The minimum Gasteiger partial charge on any atom is -0.326 e. The van der Waals surface area contributed by atoms with Crippen molar-refractivity contribution in [2.45, 2.75) is 18.9 Å². The van der Waals surface area contributed by atoms with Crippen LogP contribution in [0.1, 0.15) is 12.8 Å². The molecule has 1 saturated heterocycles. The molecule has 0 radical (unpaired) electrons. The van der Waals surface area contributed by atoms with Gasteiger partial charge in [0.1, 0.15) is 6.04 Å². The predicted molar refractivity (Wildman–Crippen MR) is 42.5 cm³/mol. The number of nitrogens with two attached hydrogens (primary N) is 1. The summed E-state index contributed by atoms with van der Waals surface area (Å²) in [5.74, 6) is 4.91. The van der Waals surface area contributed by atoms with E-state index in [1.807, 2.05) is 0 Å². The maximum atomic E-state index is 11.2. The number of nitrogens with one attached hydrogen (secondary N) is 1. The van der Waals surface area contributed by atoms with E-state index in [9.17, 15) is 4.79 Å². The monoisotopic (exact) mass is 168 g/mol. The van der Waals surface area contributed by atoms with Crippen molar-refractivity contribution in [3.63, 3.8) is 0 Å². The highest BCUT2D eigenvalue weighted by molar-refractivity contribution is 5.79. The SMILES string of the molecule is N#CC1CCCN1C(=O)CNN. The summed E-state index contributed by atoms with van der Waals surface area (Å²) in [7, 11) is 0. The molecular formula is C7H12N4O. The molecule has 5 heteroatoms. The van der Waals surface area contributed by atoms with Crippen LogP contribution in [0, 0.1) is 11.3 Å². The van der Waals surface area contributed by atoms with Crippen molar-refractivity contribution in [2.75, 3.05) is 13.1 Å². The maximum Gasteiger partial charge on any atom is 0.238 e. The first kappa shape index (κ1) is 8.97. The van der Waals surface area contributed by atoms with E-state index in [-0.39, 0.29) is 18.5 Å². The van der Waals surface area contributed by atoms with Crippen LogP contribution in [0.5, 0.6) is 0 Å². The number of hydrogen-bond acceptors (Lipinski definition) is 4. The summed E-state index contributed by atoms with van der Waals surface area (Å²) in [5, 5.41) is 8.66. The summed E-state index contributed by atoms with van der Waals surface area (Å²) in [6.45, 7) is 0.789. The second-order valence-electron chi connectivity index (χ2n) is 2.76. The highest BCUT2D eigenvalue weighted by Crippen LogP contribution is 2.15. The second kappa shape index (κ2) is 4.04. The van der Waals surface area contributed by atoms with E-state index >= 15 is 0 Å². The Bertz CT molecular complexity index is 210. The van der Waals surface area contributed by atoms with Gasteiger partial charge < -0.3 is 4.90 Å². The number of amides is 1. The fraction of sp³-hybridized carbons (Fsp3) is 0.714. The van der Waals surface area contributed by atoms with Gasteiger partial charge in [0, 0.05) is 6.54 Å². The lowest BCUT2D eigenvalue weighted by Crippen LogP contribution is -2.42. The third kappa shape index (κ3) is 1.72. The zero-order valence-corrected chi connectivity index (χ0v) is 6.79. The van der Waals surface area contributed by atoms with Crippen LogP contribution < -0.4 is 11.3 Å². The van der Waals surface area contributed by atoms with Crippen molar-refractivity contribution in [1.82, 2.24) is 10.3 Å². The Morgan fingerprint density at radius 2 is 2.58 bits per heavy atom. The number of nitrogens with zero attached hydrogens (tertiary/aromatic N) is 2. The average Bonchev–Trinajstić information content (AvgIpc) is 2.51. The Balaban J connectivity index is 2.51. The first-order valence-corrected chi connectivity index (χ1v) is 3.92. The summed E-state index contributed by atoms with van der Waals surface area (Å²) in [6, 6.07) is 1.85. The number of rotatable bonds is 2. The van der Waals surface area contributed by atoms with Crippen molar-refractivity contribution >= 4 is 5.91 Å². The molecule has 0 aromatic carbocycles. The van der Waals surface area contributed by atoms with Crippen molar-refractivity contribution in [1.29, 1.82) is 5.26 Å². The standard InChI is InChI=1S/C7H12N4O/c8-4-6-2-1-3-11(6)7(12)5-10-9/h6,10H,1-3,5,9H2. The number of hydrogen-bond donors (Lipinski definition) is 2. The fourth-order valence-electron chi connectivity index (χ4n) is 1.39. The molecule has 0 spiro atoms. The summed E-state index contributed by atoms with van der Waals surface area (Å²) in [5.41, 5.74) is 2.29. The van der Waals surface area contributed by atoms with Crippen LogP contribution in [-0.2, 0) is 4.79 Å². The molecule has 0 aromatic heterocycles. The molecule has 3 N–H and O–H groups in total. The molecule has 0 saturated carbocycles. The third-order valence-corrected chi connectivity index (χ3v) is 1.98. The summed E-state index contributed by atoms with van der Waals surface area (Å²) in [4.78, 5) is 12.8. The van der Waals surface area contributed by atoms with E-state index in [4.69, 9.17) is 11.1 Å². The molecule has 1 heterocycles. The minimum atomic E-state index is -0.245. The van der Waals surface area contributed by atoms with Crippen LogP contribution in [0.2, 0.25) is 0 Å². The minimum absolute atomic E-state index is 0.0958. The van der Waals surface area contributed by atoms with E-state index in [0.717, 1.165) is 12.8 Å². The van der Waals surface area contributed by atoms with Gasteiger partial charge in [-0.25, -0.2) is 0 Å². The zero-order chi connectivity index (χ0) is 8.97. The second-order valence-corrected chi connectivity index (χ2v) is 2.76. The van der Waals surface area contributed by atoms with Crippen LogP contribution >= 0.6 is 0 Å². The number of nitriles is 1. The van der Waals surface area contributed by atoms with E-state index in [0.29, 0.717) is 6.54 Å². The molecule has 1 unspecified atom stereocenters. The van der Waals surface area contributed by atoms with Gasteiger partial charge in [0.25, 0.3) is 0 Å². The quantitative estimate of drug-likeness (QED) is 0.408. The predicted octanol–water partition coefficient (Wildman–Crippen LogP) is -1.04. The van der Waals surface area contributed by atoms with Gasteiger partial charge in [-0.3, -0.25) is 16.1 Å². The molecule has 1 rings (SSSR count). The first-order chi connectivity index (χ1) is 5.79. The highest BCUT2D eigenvalue weighted by atomic mass is 16.2. The van der Waals surface area contributed by atoms with Gasteiger partial charge >= 0.3 is 0 Å². The number of hydrazine groups is 1. The lowest BCUT2D eigenvalue weighted by molar-refractivity contribution is -0.130. The highest BCUT2D eigenvalue weighted by Gasteiger charge is 2.27. The zero-order valence-electron chi connectivity index (χ0n) is 6.79. The van der Waals surface area contributed by atoms with Gasteiger partial charge in [-0.05, 0) is 12.8 Å². The Morgan fingerprint density at radius 1 is 1.83 bits per heavy atom. The van der Waals surface area contributed by atoms with Crippen molar-refractivity contribution in [3.05, 3.63) is 0 Å². The Morgan fingerprint density at radius 3 is 3.17 bits per heavy atom. The van der Waals surface area contributed by atoms with Crippen LogP contribution in [-0.4, -0.2) is 29.9 Å². The smallest absolute Gasteiger partial charge is 0.238 e. The fourth-order valence-corrected chi connectivity index (χ4v) is 1.39. The first-order valence-electron chi connectivity index (χ1n) is 3.92. The van der Waals surface area contributed by atoms with E-state index in [2.05, 4.69) is 11.5 Å². The molecule has 1 fully saturated rings. The van der Waals surface area contributed by atoms with Crippen LogP contribution in [0.15, 0.2) is 0 Å². The molecule has 12 heavy (non-hydrogen) atoms.